The molecule has 2 N–H and O–H groups in total. The van der Waals surface area contributed by atoms with Crippen LogP contribution >= 0.6 is 0 Å². The number of amides is 2. The highest BCUT2D eigenvalue weighted by Crippen LogP contribution is 2.30. The van der Waals surface area contributed by atoms with Gasteiger partial charge >= 0.3 is 6.03 Å². The normalized spacial score (nSPS) is 13.3. The van der Waals surface area contributed by atoms with Gasteiger partial charge in [0.05, 0.1) is 13.7 Å². The van der Waals surface area contributed by atoms with Crippen LogP contribution in [0.25, 0.3) is 0 Å². The largest absolute Gasteiger partial charge is 0.493 e. The highest BCUT2D eigenvalue weighted by Gasteiger charge is 2.12. The standard InChI is InChI=1S/C21H27N3O3/c1-3-27-20-14-17(8-11-19(20)26-2)23-21(25)22-15-16-6-9-18(10-7-16)24-12-4-5-13-24/h6-11,14H,3-5,12-13,15H2,1-2H3,(H2,22,23,25). The summed E-state index contributed by atoms with van der Waals surface area (Å²) < 4.78 is 10.8. The van der Waals surface area contributed by atoms with Gasteiger partial charge in [0.15, 0.2) is 11.5 Å². The van der Waals surface area contributed by atoms with Crippen molar-refractivity contribution in [3.05, 3.63) is 48.0 Å². The molecule has 0 spiro atoms. The van der Waals surface area contributed by atoms with E-state index in [0.717, 1.165) is 18.7 Å². The van der Waals surface area contributed by atoms with Crippen LogP contribution in [0.5, 0.6) is 11.5 Å². The van der Waals surface area contributed by atoms with Crippen molar-refractivity contribution in [1.29, 1.82) is 0 Å². The fraction of sp³-hybridized carbons (Fsp3) is 0.381. The Hall–Kier alpha value is -2.89. The molecule has 0 atom stereocenters. The van der Waals surface area contributed by atoms with Gasteiger partial charge in [-0.3, -0.25) is 0 Å². The van der Waals surface area contributed by atoms with Crippen molar-refractivity contribution >= 4 is 17.4 Å². The second kappa shape index (κ2) is 9.16. The van der Waals surface area contributed by atoms with Crippen LogP contribution in [0, 0.1) is 0 Å². The van der Waals surface area contributed by atoms with E-state index in [1.165, 1.54) is 18.5 Å². The van der Waals surface area contributed by atoms with Gasteiger partial charge in [-0.15, -0.1) is 0 Å². The number of carbonyl (C=O) groups excluding carboxylic acids is 1. The molecule has 144 valence electrons. The van der Waals surface area contributed by atoms with Crippen LogP contribution in [0.2, 0.25) is 0 Å². The van der Waals surface area contributed by atoms with Gasteiger partial charge in [0.1, 0.15) is 0 Å². The zero-order chi connectivity index (χ0) is 19.1. The molecule has 1 aliphatic heterocycles. The third kappa shape index (κ3) is 5.06. The van der Waals surface area contributed by atoms with E-state index in [1.807, 2.05) is 6.92 Å². The van der Waals surface area contributed by atoms with E-state index >= 15 is 0 Å². The van der Waals surface area contributed by atoms with Gasteiger partial charge in [0.2, 0.25) is 0 Å². The van der Waals surface area contributed by atoms with Crippen LogP contribution in [0.15, 0.2) is 42.5 Å². The molecule has 0 saturated carbocycles. The molecule has 1 aliphatic rings. The highest BCUT2D eigenvalue weighted by molar-refractivity contribution is 5.89. The quantitative estimate of drug-likeness (QED) is 0.774. The maximum absolute atomic E-state index is 12.2. The topological polar surface area (TPSA) is 62.8 Å². The van der Waals surface area contributed by atoms with Crippen molar-refractivity contribution in [2.24, 2.45) is 0 Å². The molecular formula is C21H27N3O3. The molecule has 27 heavy (non-hydrogen) atoms. The van der Waals surface area contributed by atoms with E-state index in [-0.39, 0.29) is 6.03 Å². The molecule has 2 aromatic rings. The maximum Gasteiger partial charge on any atom is 0.319 e. The number of ether oxygens (including phenoxy) is 2. The predicted molar refractivity (Wildman–Crippen MR) is 108 cm³/mol. The summed E-state index contributed by atoms with van der Waals surface area (Å²) in [7, 11) is 1.59. The number of nitrogens with one attached hydrogen (secondary N) is 2. The molecule has 6 heteroatoms. The smallest absolute Gasteiger partial charge is 0.319 e. The van der Waals surface area contributed by atoms with Gasteiger partial charge in [0, 0.05) is 37.1 Å². The average Bonchev–Trinajstić information content (AvgIpc) is 3.22. The van der Waals surface area contributed by atoms with Crippen molar-refractivity contribution in [1.82, 2.24) is 5.32 Å². The molecule has 2 aromatic carbocycles. The second-order valence-corrected chi connectivity index (χ2v) is 6.47. The first kappa shape index (κ1) is 18.9. The molecular weight excluding hydrogens is 342 g/mol. The predicted octanol–water partition coefficient (Wildman–Crippen LogP) is 4.02. The summed E-state index contributed by atoms with van der Waals surface area (Å²) in [4.78, 5) is 14.6. The average molecular weight is 369 g/mol. The summed E-state index contributed by atoms with van der Waals surface area (Å²) >= 11 is 0. The minimum atomic E-state index is -0.258. The summed E-state index contributed by atoms with van der Waals surface area (Å²) in [6.07, 6.45) is 2.53. The lowest BCUT2D eigenvalue weighted by Crippen LogP contribution is -2.28. The Balaban J connectivity index is 1.52. The molecule has 0 unspecified atom stereocenters. The van der Waals surface area contributed by atoms with E-state index in [0.29, 0.717) is 30.3 Å². The van der Waals surface area contributed by atoms with E-state index in [9.17, 15) is 4.79 Å². The molecule has 0 radical (unpaired) electrons. The van der Waals surface area contributed by atoms with Crippen molar-refractivity contribution in [3.63, 3.8) is 0 Å². The van der Waals surface area contributed by atoms with Gasteiger partial charge in [-0.25, -0.2) is 4.79 Å². The molecule has 1 saturated heterocycles. The van der Waals surface area contributed by atoms with Gasteiger partial charge in [-0.2, -0.15) is 0 Å². The summed E-state index contributed by atoms with van der Waals surface area (Å²) in [5.41, 5.74) is 2.97. The van der Waals surface area contributed by atoms with E-state index in [1.54, 1.807) is 25.3 Å². The number of urea groups is 1. The summed E-state index contributed by atoms with van der Waals surface area (Å²) in [5, 5.41) is 5.71. The third-order valence-electron chi connectivity index (χ3n) is 4.58. The Morgan fingerprint density at radius 2 is 1.81 bits per heavy atom. The number of hydrogen-bond donors (Lipinski definition) is 2. The molecule has 3 rings (SSSR count). The zero-order valence-corrected chi connectivity index (χ0v) is 16.0. The Morgan fingerprint density at radius 1 is 1.07 bits per heavy atom. The lowest BCUT2D eigenvalue weighted by Gasteiger charge is -2.17. The number of rotatable bonds is 7. The van der Waals surface area contributed by atoms with Crippen molar-refractivity contribution < 1.29 is 14.3 Å². The summed E-state index contributed by atoms with van der Waals surface area (Å²) in [5.74, 6) is 1.25. The molecule has 0 bridgehead atoms. The second-order valence-electron chi connectivity index (χ2n) is 6.47. The van der Waals surface area contributed by atoms with Gasteiger partial charge < -0.3 is 25.0 Å². The SMILES string of the molecule is CCOc1cc(NC(=O)NCc2ccc(N3CCCC3)cc2)ccc1OC. The van der Waals surface area contributed by atoms with E-state index in [2.05, 4.69) is 39.8 Å². The van der Waals surface area contributed by atoms with Crippen molar-refractivity contribution in [2.75, 3.05) is 37.0 Å². The minimum absolute atomic E-state index is 0.258. The first-order chi connectivity index (χ1) is 13.2. The maximum atomic E-state index is 12.2. The summed E-state index contributed by atoms with van der Waals surface area (Å²) in [6, 6.07) is 13.4. The summed E-state index contributed by atoms with van der Waals surface area (Å²) in [6.45, 7) is 5.17. The monoisotopic (exact) mass is 369 g/mol. The lowest BCUT2D eigenvalue weighted by molar-refractivity contribution is 0.251. The number of nitrogens with zero attached hydrogens (tertiary/aromatic N) is 1. The first-order valence-corrected chi connectivity index (χ1v) is 9.39. The number of benzene rings is 2. The van der Waals surface area contributed by atoms with Gasteiger partial charge in [-0.1, -0.05) is 12.1 Å². The minimum Gasteiger partial charge on any atom is -0.493 e. The van der Waals surface area contributed by atoms with Crippen molar-refractivity contribution in [3.8, 4) is 11.5 Å². The van der Waals surface area contributed by atoms with Gasteiger partial charge in [0.25, 0.3) is 0 Å². The van der Waals surface area contributed by atoms with Crippen molar-refractivity contribution in [2.45, 2.75) is 26.3 Å². The molecule has 2 amide bonds. The Bertz CT molecular complexity index is 756. The van der Waals surface area contributed by atoms with E-state index < -0.39 is 0 Å². The molecule has 0 aromatic heterocycles. The fourth-order valence-corrected chi connectivity index (χ4v) is 3.18. The lowest BCUT2D eigenvalue weighted by atomic mass is 10.2. The Labute approximate surface area is 160 Å². The van der Waals surface area contributed by atoms with Crippen LogP contribution in [0.1, 0.15) is 25.3 Å². The molecule has 1 fully saturated rings. The Morgan fingerprint density at radius 3 is 2.48 bits per heavy atom. The number of anilines is 2. The molecule has 6 nitrogen and oxygen atoms in total. The van der Waals surface area contributed by atoms with Crippen LogP contribution in [-0.2, 0) is 6.54 Å². The molecule has 1 heterocycles. The van der Waals surface area contributed by atoms with Crippen LogP contribution in [0.3, 0.4) is 0 Å². The van der Waals surface area contributed by atoms with Crippen LogP contribution < -0.4 is 25.0 Å². The van der Waals surface area contributed by atoms with Crippen LogP contribution in [0.4, 0.5) is 16.2 Å². The Kier molecular flexibility index (Phi) is 6.41. The number of carbonyl (C=O) groups is 1. The third-order valence-corrected chi connectivity index (χ3v) is 4.58. The number of hydrogen-bond acceptors (Lipinski definition) is 4. The van der Waals surface area contributed by atoms with Gasteiger partial charge in [-0.05, 0) is 49.6 Å². The number of methoxy groups -OCH3 is 1. The first-order valence-electron chi connectivity index (χ1n) is 9.39. The molecule has 0 aliphatic carbocycles. The van der Waals surface area contributed by atoms with Crippen LogP contribution in [-0.4, -0.2) is 32.8 Å². The zero-order valence-electron chi connectivity index (χ0n) is 16.0. The van der Waals surface area contributed by atoms with E-state index in [4.69, 9.17) is 9.47 Å². The fourth-order valence-electron chi connectivity index (χ4n) is 3.18. The highest BCUT2D eigenvalue weighted by atomic mass is 16.5.